The van der Waals surface area contributed by atoms with Gasteiger partial charge in [0.15, 0.2) is 0 Å². The first kappa shape index (κ1) is 14.2. The topological polar surface area (TPSA) is 25.2 Å². The van der Waals surface area contributed by atoms with Crippen molar-refractivity contribution in [2.45, 2.75) is 20.8 Å². The summed E-state index contributed by atoms with van der Waals surface area (Å²) >= 11 is 9.62. The molecule has 0 N–H and O–H groups in total. The predicted molar refractivity (Wildman–Crippen MR) is 84.7 cm³/mol. The van der Waals surface area contributed by atoms with Crippen LogP contribution in [0.15, 0.2) is 39.9 Å². The van der Waals surface area contributed by atoms with Gasteiger partial charge in [0.25, 0.3) is 0 Å². The van der Waals surface area contributed by atoms with Crippen molar-refractivity contribution in [3.05, 3.63) is 56.8 Å². The van der Waals surface area contributed by atoms with Gasteiger partial charge in [0, 0.05) is 0 Å². The first-order valence-electron chi connectivity index (χ1n) is 5.92. The molecule has 2 aromatic rings. The molecule has 1 heterocycles. The van der Waals surface area contributed by atoms with E-state index < -0.39 is 0 Å². The number of rotatable bonds is 2. The molecule has 0 amide bonds. The molecule has 0 unspecified atom stereocenters. The summed E-state index contributed by atoms with van der Waals surface area (Å²) in [5.74, 6) is 0. The average molecular weight is 338 g/mol. The minimum absolute atomic E-state index is 0.673. The van der Waals surface area contributed by atoms with Gasteiger partial charge in [-0.05, 0) is 66.0 Å². The van der Waals surface area contributed by atoms with Gasteiger partial charge in [-0.25, -0.2) is 9.98 Å². The van der Waals surface area contributed by atoms with Gasteiger partial charge in [-0.2, -0.15) is 0 Å². The third-order valence-electron chi connectivity index (χ3n) is 2.76. The molecule has 4 heteroatoms. The molecule has 0 aliphatic rings. The average Bonchev–Trinajstić information content (AvgIpc) is 2.33. The molecule has 0 saturated heterocycles. The standard InChI is InChI=1S/C15H14BrClN2/c1-9-7-10(2)15(12(17)8-9)18-11(3)13-5-4-6-14(16)19-13/h4-8H,1-3H3/b18-11+. The lowest BCUT2D eigenvalue weighted by molar-refractivity contribution is 1.23. The summed E-state index contributed by atoms with van der Waals surface area (Å²) in [5.41, 5.74) is 4.70. The Bertz CT molecular complexity index is 627. The molecule has 98 valence electrons. The third-order valence-corrected chi connectivity index (χ3v) is 3.49. The van der Waals surface area contributed by atoms with Gasteiger partial charge in [0.1, 0.15) is 4.60 Å². The van der Waals surface area contributed by atoms with E-state index in [-0.39, 0.29) is 0 Å². The Morgan fingerprint density at radius 3 is 2.63 bits per heavy atom. The van der Waals surface area contributed by atoms with E-state index in [4.69, 9.17) is 11.6 Å². The minimum Gasteiger partial charge on any atom is -0.250 e. The largest absolute Gasteiger partial charge is 0.250 e. The fourth-order valence-electron chi connectivity index (χ4n) is 1.88. The van der Waals surface area contributed by atoms with Crippen LogP contribution >= 0.6 is 27.5 Å². The molecule has 0 saturated carbocycles. The zero-order valence-electron chi connectivity index (χ0n) is 11.0. The molecule has 0 aliphatic heterocycles. The second-order valence-corrected chi connectivity index (χ2v) is 5.67. The quantitative estimate of drug-likeness (QED) is 0.542. The highest BCUT2D eigenvalue weighted by molar-refractivity contribution is 9.10. The molecule has 19 heavy (non-hydrogen) atoms. The highest BCUT2D eigenvalue weighted by Crippen LogP contribution is 2.30. The van der Waals surface area contributed by atoms with Gasteiger partial charge >= 0.3 is 0 Å². The van der Waals surface area contributed by atoms with Gasteiger partial charge in [-0.1, -0.05) is 23.7 Å². The molecular weight excluding hydrogens is 324 g/mol. The lowest BCUT2D eigenvalue weighted by Gasteiger charge is -2.07. The molecule has 0 bridgehead atoms. The summed E-state index contributed by atoms with van der Waals surface area (Å²) in [6.07, 6.45) is 0. The van der Waals surface area contributed by atoms with E-state index in [1.54, 1.807) is 0 Å². The van der Waals surface area contributed by atoms with E-state index in [9.17, 15) is 0 Å². The van der Waals surface area contributed by atoms with Crippen molar-refractivity contribution in [1.82, 2.24) is 4.98 Å². The van der Waals surface area contributed by atoms with Crippen LogP contribution < -0.4 is 0 Å². The van der Waals surface area contributed by atoms with E-state index in [1.165, 1.54) is 0 Å². The van der Waals surface area contributed by atoms with Crippen LogP contribution in [-0.2, 0) is 0 Å². The van der Waals surface area contributed by atoms with Crippen molar-refractivity contribution in [2.75, 3.05) is 0 Å². The molecule has 0 radical (unpaired) electrons. The van der Waals surface area contributed by atoms with Crippen LogP contribution in [0.25, 0.3) is 0 Å². The Labute approximate surface area is 126 Å². The van der Waals surface area contributed by atoms with Gasteiger partial charge in [0.2, 0.25) is 0 Å². The third kappa shape index (κ3) is 3.43. The number of pyridine rings is 1. The Balaban J connectivity index is 2.47. The lowest BCUT2D eigenvalue weighted by Crippen LogP contribution is -1.98. The Morgan fingerprint density at radius 2 is 2.00 bits per heavy atom. The van der Waals surface area contributed by atoms with Crippen LogP contribution in [0.3, 0.4) is 0 Å². The summed E-state index contributed by atoms with van der Waals surface area (Å²) in [4.78, 5) is 9.00. The van der Waals surface area contributed by atoms with Gasteiger partial charge in [0.05, 0.1) is 22.1 Å². The monoisotopic (exact) mass is 336 g/mol. The number of benzene rings is 1. The molecule has 0 spiro atoms. The van der Waals surface area contributed by atoms with Crippen LogP contribution in [0.5, 0.6) is 0 Å². The van der Waals surface area contributed by atoms with Crippen LogP contribution in [0, 0.1) is 13.8 Å². The van der Waals surface area contributed by atoms with Crippen LogP contribution in [0.4, 0.5) is 5.69 Å². The van der Waals surface area contributed by atoms with Gasteiger partial charge in [-0.15, -0.1) is 0 Å². The lowest BCUT2D eigenvalue weighted by atomic mass is 10.1. The number of hydrogen-bond donors (Lipinski definition) is 0. The summed E-state index contributed by atoms with van der Waals surface area (Å²) in [5, 5.41) is 0.673. The van der Waals surface area contributed by atoms with E-state index in [2.05, 4.69) is 32.0 Å². The summed E-state index contributed by atoms with van der Waals surface area (Å²) in [6.45, 7) is 5.97. The first-order valence-corrected chi connectivity index (χ1v) is 7.09. The van der Waals surface area contributed by atoms with Crippen molar-refractivity contribution in [1.29, 1.82) is 0 Å². The SMILES string of the molecule is C/C(=N\c1c(C)cc(C)cc1Cl)c1cccc(Br)n1. The van der Waals surface area contributed by atoms with E-state index in [0.717, 1.165) is 32.8 Å². The number of hydrogen-bond acceptors (Lipinski definition) is 2. The molecule has 0 fully saturated rings. The van der Waals surface area contributed by atoms with Crippen LogP contribution in [0.1, 0.15) is 23.7 Å². The molecule has 0 atom stereocenters. The maximum absolute atomic E-state index is 6.26. The predicted octanol–water partition coefficient (Wildman–Crippen LogP) is 5.26. The number of halogens is 2. The number of aliphatic imine (C=N–C) groups is 1. The Hall–Kier alpha value is -1.19. The molecule has 2 nitrogen and oxygen atoms in total. The van der Waals surface area contributed by atoms with Crippen LogP contribution in [-0.4, -0.2) is 10.7 Å². The van der Waals surface area contributed by atoms with E-state index >= 15 is 0 Å². The Morgan fingerprint density at radius 1 is 1.26 bits per heavy atom. The zero-order valence-corrected chi connectivity index (χ0v) is 13.4. The van der Waals surface area contributed by atoms with Crippen molar-refractivity contribution >= 4 is 38.9 Å². The highest BCUT2D eigenvalue weighted by Gasteiger charge is 2.06. The fourth-order valence-corrected chi connectivity index (χ4v) is 2.59. The van der Waals surface area contributed by atoms with Crippen molar-refractivity contribution in [2.24, 2.45) is 4.99 Å². The Kier molecular flexibility index (Phi) is 4.38. The number of nitrogens with zero attached hydrogens (tertiary/aromatic N) is 2. The van der Waals surface area contributed by atoms with Crippen molar-refractivity contribution in [3.63, 3.8) is 0 Å². The maximum Gasteiger partial charge on any atom is 0.106 e. The second kappa shape index (κ2) is 5.85. The fraction of sp³-hybridized carbons (Fsp3) is 0.200. The maximum atomic E-state index is 6.26. The molecule has 2 rings (SSSR count). The first-order chi connectivity index (χ1) is 8.97. The van der Waals surface area contributed by atoms with Gasteiger partial charge < -0.3 is 0 Å². The molecular formula is C15H14BrClN2. The molecule has 1 aromatic heterocycles. The summed E-state index contributed by atoms with van der Waals surface area (Å²) < 4.78 is 0.797. The molecule has 1 aromatic carbocycles. The van der Waals surface area contributed by atoms with E-state index in [1.807, 2.05) is 45.0 Å². The van der Waals surface area contributed by atoms with Crippen molar-refractivity contribution < 1.29 is 0 Å². The number of aryl methyl sites for hydroxylation is 2. The van der Waals surface area contributed by atoms with Crippen LogP contribution in [0.2, 0.25) is 5.02 Å². The zero-order chi connectivity index (χ0) is 14.0. The van der Waals surface area contributed by atoms with E-state index in [0.29, 0.717) is 5.02 Å². The highest BCUT2D eigenvalue weighted by atomic mass is 79.9. The molecule has 0 aliphatic carbocycles. The second-order valence-electron chi connectivity index (χ2n) is 4.46. The summed E-state index contributed by atoms with van der Waals surface area (Å²) in [6, 6.07) is 9.76. The smallest absolute Gasteiger partial charge is 0.106 e. The number of aromatic nitrogens is 1. The normalized spacial score (nSPS) is 11.7. The summed E-state index contributed by atoms with van der Waals surface area (Å²) in [7, 11) is 0. The van der Waals surface area contributed by atoms with Crippen molar-refractivity contribution in [3.8, 4) is 0 Å². The van der Waals surface area contributed by atoms with Gasteiger partial charge in [-0.3, -0.25) is 0 Å². The minimum atomic E-state index is 0.673.